The predicted octanol–water partition coefficient (Wildman–Crippen LogP) is 0.503. The molecule has 7 nitrogen and oxygen atoms in total. The van der Waals surface area contributed by atoms with Crippen molar-refractivity contribution in [3.05, 3.63) is 0 Å². The van der Waals surface area contributed by atoms with Gasteiger partial charge in [0.25, 0.3) is 0 Å². The second-order valence-electron chi connectivity index (χ2n) is 5.90. The highest BCUT2D eigenvalue weighted by molar-refractivity contribution is 7.99. The Balaban J connectivity index is 2.39. The second kappa shape index (κ2) is 7.53. The largest absolute Gasteiger partial charge is 0.480 e. The van der Waals surface area contributed by atoms with E-state index >= 15 is 0 Å². The van der Waals surface area contributed by atoms with Crippen molar-refractivity contribution in [2.75, 3.05) is 24.6 Å². The molecule has 0 radical (unpaired) electrons. The third kappa shape index (κ3) is 6.24. The van der Waals surface area contributed by atoms with E-state index in [1.807, 2.05) is 20.8 Å². The number of hydrogen-bond acceptors (Lipinski definition) is 4. The summed E-state index contributed by atoms with van der Waals surface area (Å²) in [5.41, 5.74) is -0.306. The highest BCUT2D eigenvalue weighted by Crippen LogP contribution is 2.16. The highest BCUT2D eigenvalue weighted by Gasteiger charge is 2.32. The number of nitrogens with zero attached hydrogens (tertiary/aromatic N) is 1. The number of carbonyl (C=O) groups excluding carboxylic acids is 2. The van der Waals surface area contributed by atoms with Crippen molar-refractivity contribution in [2.45, 2.75) is 38.8 Å². The third-order valence-corrected chi connectivity index (χ3v) is 3.84. The number of amides is 3. The van der Waals surface area contributed by atoms with Crippen LogP contribution in [0.15, 0.2) is 0 Å². The maximum Gasteiger partial charge on any atom is 0.327 e. The first-order valence-corrected chi connectivity index (χ1v) is 8.02. The van der Waals surface area contributed by atoms with Gasteiger partial charge in [-0.2, -0.15) is 11.8 Å². The highest BCUT2D eigenvalue weighted by atomic mass is 32.2. The number of nitrogens with one attached hydrogen (secondary N) is 2. The van der Waals surface area contributed by atoms with Gasteiger partial charge in [0.05, 0.1) is 0 Å². The Morgan fingerprint density at radius 1 is 1.33 bits per heavy atom. The Kier molecular flexibility index (Phi) is 6.32. The molecule has 0 aliphatic carbocycles. The van der Waals surface area contributed by atoms with Gasteiger partial charge in [0, 0.05) is 36.6 Å². The van der Waals surface area contributed by atoms with Crippen LogP contribution in [0.25, 0.3) is 0 Å². The van der Waals surface area contributed by atoms with Gasteiger partial charge in [-0.1, -0.05) is 0 Å². The van der Waals surface area contributed by atoms with Crippen molar-refractivity contribution in [3.8, 4) is 0 Å². The number of carboxylic acids is 1. The monoisotopic (exact) mass is 317 g/mol. The van der Waals surface area contributed by atoms with Crippen LogP contribution in [0, 0.1) is 0 Å². The molecular weight excluding hydrogens is 294 g/mol. The minimum Gasteiger partial charge on any atom is -0.480 e. The zero-order valence-corrected chi connectivity index (χ0v) is 13.5. The molecule has 3 amide bonds. The van der Waals surface area contributed by atoms with Gasteiger partial charge in [-0.15, -0.1) is 0 Å². The molecule has 1 fully saturated rings. The normalized spacial score (nSPS) is 19.0. The van der Waals surface area contributed by atoms with Crippen LogP contribution in [0.4, 0.5) is 4.79 Å². The van der Waals surface area contributed by atoms with E-state index in [9.17, 15) is 14.4 Å². The number of thioether (sulfide) groups is 1. The molecule has 1 aliphatic rings. The summed E-state index contributed by atoms with van der Waals surface area (Å²) in [6.07, 6.45) is 0.170. The minimum atomic E-state index is -0.997. The molecule has 8 heteroatoms. The zero-order valence-electron chi connectivity index (χ0n) is 12.6. The van der Waals surface area contributed by atoms with E-state index in [-0.39, 0.29) is 24.4 Å². The lowest BCUT2D eigenvalue weighted by molar-refractivity contribution is -0.141. The fourth-order valence-electron chi connectivity index (χ4n) is 1.92. The van der Waals surface area contributed by atoms with Gasteiger partial charge >= 0.3 is 12.0 Å². The molecule has 0 bridgehead atoms. The molecular formula is C13H23N3O4S. The summed E-state index contributed by atoms with van der Waals surface area (Å²) in [6, 6.07) is -1.22. The van der Waals surface area contributed by atoms with E-state index in [0.717, 1.165) is 5.75 Å². The average Bonchev–Trinajstić information content (AvgIpc) is 2.36. The van der Waals surface area contributed by atoms with Crippen molar-refractivity contribution < 1.29 is 19.5 Å². The molecule has 0 aromatic carbocycles. The van der Waals surface area contributed by atoms with Crippen molar-refractivity contribution in [1.82, 2.24) is 15.5 Å². The number of hydrogen-bond donors (Lipinski definition) is 3. The van der Waals surface area contributed by atoms with Crippen LogP contribution in [0.1, 0.15) is 27.2 Å². The van der Waals surface area contributed by atoms with Gasteiger partial charge in [-0.05, 0) is 20.8 Å². The van der Waals surface area contributed by atoms with Crippen LogP contribution in [-0.2, 0) is 9.59 Å². The smallest absolute Gasteiger partial charge is 0.327 e. The third-order valence-electron chi connectivity index (χ3n) is 2.82. The Morgan fingerprint density at radius 2 is 2.00 bits per heavy atom. The first kappa shape index (κ1) is 17.6. The van der Waals surface area contributed by atoms with Crippen LogP contribution in [0.5, 0.6) is 0 Å². The fraction of sp³-hybridized carbons (Fsp3) is 0.769. The van der Waals surface area contributed by atoms with E-state index in [1.165, 1.54) is 16.7 Å². The first-order valence-electron chi connectivity index (χ1n) is 6.87. The number of carbonyl (C=O) groups is 3. The van der Waals surface area contributed by atoms with Crippen molar-refractivity contribution in [2.24, 2.45) is 0 Å². The molecule has 1 atom stereocenters. The molecule has 0 spiro atoms. The van der Waals surface area contributed by atoms with Crippen LogP contribution >= 0.6 is 11.8 Å². The van der Waals surface area contributed by atoms with Crippen LogP contribution in [0.2, 0.25) is 0 Å². The van der Waals surface area contributed by atoms with Crippen LogP contribution in [-0.4, -0.2) is 64.1 Å². The van der Waals surface area contributed by atoms with E-state index in [4.69, 9.17) is 5.11 Å². The maximum absolute atomic E-state index is 12.0. The SMILES string of the molecule is CC(C)(C)NC(=O)CCNC(=O)N1CCSCC1C(=O)O. The van der Waals surface area contributed by atoms with Crippen molar-refractivity contribution >= 4 is 29.7 Å². The Labute approximate surface area is 128 Å². The molecule has 21 heavy (non-hydrogen) atoms. The summed E-state index contributed by atoms with van der Waals surface area (Å²) < 4.78 is 0. The fourth-order valence-corrected chi connectivity index (χ4v) is 2.95. The topological polar surface area (TPSA) is 98.7 Å². The summed E-state index contributed by atoms with van der Waals surface area (Å²) in [5.74, 6) is -0.0239. The van der Waals surface area contributed by atoms with Gasteiger partial charge in [0.2, 0.25) is 5.91 Å². The Morgan fingerprint density at radius 3 is 2.57 bits per heavy atom. The number of carboxylic acid groups (broad SMARTS) is 1. The van der Waals surface area contributed by atoms with E-state index in [2.05, 4.69) is 10.6 Å². The molecule has 3 N–H and O–H groups in total. The average molecular weight is 317 g/mol. The number of urea groups is 1. The summed E-state index contributed by atoms with van der Waals surface area (Å²) in [4.78, 5) is 36.0. The van der Waals surface area contributed by atoms with Crippen molar-refractivity contribution in [3.63, 3.8) is 0 Å². The molecule has 0 aromatic rings. The van der Waals surface area contributed by atoms with Crippen LogP contribution < -0.4 is 10.6 Å². The molecule has 1 aliphatic heterocycles. The Hall–Kier alpha value is -1.44. The van der Waals surface area contributed by atoms with Crippen molar-refractivity contribution in [1.29, 1.82) is 0 Å². The zero-order chi connectivity index (χ0) is 16.0. The number of rotatable bonds is 4. The molecule has 0 saturated carbocycles. The molecule has 0 aromatic heterocycles. The van der Waals surface area contributed by atoms with Gasteiger partial charge in [0.15, 0.2) is 0 Å². The lowest BCUT2D eigenvalue weighted by Gasteiger charge is -2.32. The van der Waals surface area contributed by atoms with Gasteiger partial charge in [-0.25, -0.2) is 9.59 Å². The summed E-state index contributed by atoms with van der Waals surface area (Å²) in [7, 11) is 0. The van der Waals surface area contributed by atoms with Gasteiger partial charge in [0.1, 0.15) is 6.04 Å². The summed E-state index contributed by atoms with van der Waals surface area (Å²) in [5, 5.41) is 14.5. The lowest BCUT2D eigenvalue weighted by atomic mass is 10.1. The first-order chi connectivity index (χ1) is 9.70. The predicted molar refractivity (Wildman–Crippen MR) is 81.4 cm³/mol. The Bertz CT molecular complexity index is 409. The summed E-state index contributed by atoms with van der Waals surface area (Å²) in [6.45, 7) is 6.24. The number of aliphatic carboxylic acids is 1. The van der Waals surface area contributed by atoms with Crippen LogP contribution in [0.3, 0.4) is 0 Å². The van der Waals surface area contributed by atoms with Gasteiger partial charge < -0.3 is 20.6 Å². The molecule has 1 heterocycles. The summed E-state index contributed by atoms with van der Waals surface area (Å²) >= 11 is 1.52. The molecule has 1 saturated heterocycles. The van der Waals surface area contributed by atoms with Gasteiger partial charge in [-0.3, -0.25) is 4.79 Å². The minimum absolute atomic E-state index is 0.146. The molecule has 1 unspecified atom stereocenters. The standard InChI is InChI=1S/C13H23N3O4S/c1-13(2,3)15-10(17)4-5-14-12(20)16-6-7-21-8-9(16)11(18)19/h9H,4-8H2,1-3H3,(H,14,20)(H,15,17)(H,18,19). The van der Waals surface area contributed by atoms with E-state index in [1.54, 1.807) is 0 Å². The molecule has 120 valence electrons. The van der Waals surface area contributed by atoms with E-state index in [0.29, 0.717) is 12.3 Å². The maximum atomic E-state index is 12.0. The lowest BCUT2D eigenvalue weighted by Crippen LogP contribution is -2.54. The van der Waals surface area contributed by atoms with E-state index < -0.39 is 18.0 Å². The molecule has 1 rings (SSSR count). The second-order valence-corrected chi connectivity index (χ2v) is 7.05. The quantitative estimate of drug-likeness (QED) is 0.701.